The molecule has 0 aliphatic rings. The number of pyridine rings is 1. The molecule has 1 aromatic heterocycles. The minimum absolute atomic E-state index is 0.00991. The highest BCUT2D eigenvalue weighted by Crippen LogP contribution is 2.24. The summed E-state index contributed by atoms with van der Waals surface area (Å²) < 4.78 is 22.5. The average molecular weight is 294 g/mol. The van der Waals surface area contributed by atoms with E-state index in [0.29, 0.717) is 0 Å². The molecule has 1 N–H and O–H groups in total. The second kappa shape index (κ2) is 5.96. The summed E-state index contributed by atoms with van der Waals surface area (Å²) >= 11 is 5.60. The van der Waals surface area contributed by atoms with Crippen LogP contribution in [0, 0.1) is 10.1 Å². The maximum atomic E-state index is 11.2. The van der Waals surface area contributed by atoms with Crippen LogP contribution in [0.15, 0.2) is 12.3 Å². The van der Waals surface area contributed by atoms with Crippen molar-refractivity contribution in [1.29, 1.82) is 0 Å². The highest BCUT2D eigenvalue weighted by Gasteiger charge is 2.16. The highest BCUT2D eigenvalue weighted by molar-refractivity contribution is 7.91. The average Bonchev–Trinajstić information content (AvgIpc) is 2.30. The molecule has 0 aliphatic heterocycles. The zero-order valence-electron chi connectivity index (χ0n) is 9.59. The molecule has 0 saturated heterocycles. The molecule has 100 valence electrons. The van der Waals surface area contributed by atoms with Gasteiger partial charge in [-0.15, -0.1) is 0 Å². The first-order valence-electron chi connectivity index (χ1n) is 5.10. The van der Waals surface area contributed by atoms with Gasteiger partial charge in [-0.25, -0.2) is 13.4 Å². The standard InChI is InChI=1S/C9H12ClN3O4S/c1-2-18(16,17)4-3-11-9-8(13(14)15)5-7(10)6-12-9/h5-6H,2-4H2,1H3,(H,11,12). The van der Waals surface area contributed by atoms with Gasteiger partial charge in [0.15, 0.2) is 9.84 Å². The molecule has 0 atom stereocenters. The molecule has 0 amide bonds. The smallest absolute Gasteiger partial charge is 0.312 e. The van der Waals surface area contributed by atoms with Crippen LogP contribution in [0.1, 0.15) is 6.92 Å². The summed E-state index contributed by atoms with van der Waals surface area (Å²) in [5, 5.41) is 13.5. The van der Waals surface area contributed by atoms with Crippen LogP contribution in [0.4, 0.5) is 11.5 Å². The number of aromatic nitrogens is 1. The van der Waals surface area contributed by atoms with E-state index in [0.717, 1.165) is 6.07 Å². The molecule has 0 saturated carbocycles. The van der Waals surface area contributed by atoms with Gasteiger partial charge in [-0.05, 0) is 0 Å². The van der Waals surface area contributed by atoms with Gasteiger partial charge in [-0.1, -0.05) is 18.5 Å². The van der Waals surface area contributed by atoms with Gasteiger partial charge in [0.05, 0.1) is 15.7 Å². The summed E-state index contributed by atoms with van der Waals surface area (Å²) in [6.45, 7) is 1.60. The van der Waals surface area contributed by atoms with Gasteiger partial charge < -0.3 is 5.32 Å². The van der Waals surface area contributed by atoms with Crippen molar-refractivity contribution in [3.8, 4) is 0 Å². The second-order valence-corrected chi connectivity index (χ2v) is 6.35. The van der Waals surface area contributed by atoms with Crippen LogP contribution in [0.2, 0.25) is 5.02 Å². The highest BCUT2D eigenvalue weighted by atomic mass is 35.5. The number of anilines is 1. The lowest BCUT2D eigenvalue weighted by molar-refractivity contribution is -0.384. The van der Waals surface area contributed by atoms with E-state index in [1.807, 2.05) is 0 Å². The quantitative estimate of drug-likeness (QED) is 0.629. The van der Waals surface area contributed by atoms with E-state index in [1.54, 1.807) is 6.92 Å². The maximum absolute atomic E-state index is 11.2. The third kappa shape index (κ3) is 4.11. The van der Waals surface area contributed by atoms with E-state index in [-0.39, 0.29) is 34.6 Å². The first kappa shape index (κ1) is 14.7. The molecule has 0 spiro atoms. The molecule has 0 aromatic carbocycles. The molecule has 0 aliphatic carbocycles. The molecule has 18 heavy (non-hydrogen) atoms. The van der Waals surface area contributed by atoms with Crippen LogP contribution in [0.5, 0.6) is 0 Å². The fraction of sp³-hybridized carbons (Fsp3) is 0.444. The molecule has 0 bridgehead atoms. The molecule has 0 fully saturated rings. The number of sulfone groups is 1. The molecule has 1 aromatic rings. The Morgan fingerprint density at radius 2 is 2.22 bits per heavy atom. The van der Waals surface area contributed by atoms with Crippen molar-refractivity contribution in [1.82, 2.24) is 4.98 Å². The number of hydrogen-bond acceptors (Lipinski definition) is 6. The lowest BCUT2D eigenvalue weighted by Gasteiger charge is -2.06. The van der Waals surface area contributed by atoms with Crippen LogP contribution in [-0.4, -0.2) is 36.4 Å². The minimum Gasteiger partial charge on any atom is -0.363 e. The summed E-state index contributed by atoms with van der Waals surface area (Å²) in [6.07, 6.45) is 1.26. The van der Waals surface area contributed by atoms with E-state index < -0.39 is 14.8 Å². The van der Waals surface area contributed by atoms with Gasteiger partial charge in [0.2, 0.25) is 5.82 Å². The number of hydrogen-bond donors (Lipinski definition) is 1. The molecule has 0 unspecified atom stereocenters. The van der Waals surface area contributed by atoms with Crippen molar-refractivity contribution >= 4 is 32.9 Å². The van der Waals surface area contributed by atoms with Crippen molar-refractivity contribution in [2.75, 3.05) is 23.4 Å². The molecular weight excluding hydrogens is 282 g/mol. The SMILES string of the molecule is CCS(=O)(=O)CCNc1ncc(Cl)cc1[N+](=O)[O-]. The first-order valence-corrected chi connectivity index (χ1v) is 7.30. The van der Waals surface area contributed by atoms with E-state index in [2.05, 4.69) is 10.3 Å². The zero-order valence-corrected chi connectivity index (χ0v) is 11.2. The van der Waals surface area contributed by atoms with Gasteiger partial charge in [0.25, 0.3) is 0 Å². The molecule has 9 heteroatoms. The van der Waals surface area contributed by atoms with Gasteiger partial charge >= 0.3 is 5.69 Å². The van der Waals surface area contributed by atoms with Gasteiger partial charge in [-0.2, -0.15) is 0 Å². The Morgan fingerprint density at radius 3 is 2.78 bits per heavy atom. The van der Waals surface area contributed by atoms with E-state index >= 15 is 0 Å². The summed E-state index contributed by atoms with van der Waals surface area (Å²) in [6, 6.07) is 1.16. The largest absolute Gasteiger partial charge is 0.363 e. The van der Waals surface area contributed by atoms with Crippen molar-refractivity contribution in [2.45, 2.75) is 6.92 Å². The number of rotatable bonds is 6. The summed E-state index contributed by atoms with van der Waals surface area (Å²) in [5.74, 6) is -0.0637. The predicted molar refractivity (Wildman–Crippen MR) is 68.7 cm³/mol. The fourth-order valence-corrected chi connectivity index (χ4v) is 2.03. The summed E-state index contributed by atoms with van der Waals surface area (Å²) in [4.78, 5) is 13.9. The Bertz CT molecular complexity index is 547. The first-order chi connectivity index (χ1) is 8.35. The Labute approximate surface area is 109 Å². The van der Waals surface area contributed by atoms with Crippen LogP contribution in [0.3, 0.4) is 0 Å². The molecule has 1 heterocycles. The van der Waals surface area contributed by atoms with Gasteiger partial charge in [-0.3, -0.25) is 10.1 Å². The maximum Gasteiger partial charge on any atom is 0.312 e. The van der Waals surface area contributed by atoms with Crippen molar-refractivity contribution in [3.05, 3.63) is 27.4 Å². The monoisotopic (exact) mass is 293 g/mol. The number of nitro groups is 1. The Morgan fingerprint density at radius 1 is 1.56 bits per heavy atom. The number of halogens is 1. The third-order valence-electron chi connectivity index (χ3n) is 2.18. The van der Waals surface area contributed by atoms with Crippen molar-refractivity contribution in [3.63, 3.8) is 0 Å². The summed E-state index contributed by atoms with van der Waals surface area (Å²) in [7, 11) is -3.12. The van der Waals surface area contributed by atoms with Crippen molar-refractivity contribution in [2.24, 2.45) is 0 Å². The minimum atomic E-state index is -3.12. The summed E-state index contributed by atoms with van der Waals surface area (Å²) in [5.41, 5.74) is -0.281. The fourth-order valence-electron chi connectivity index (χ4n) is 1.17. The number of nitrogens with one attached hydrogen (secondary N) is 1. The topological polar surface area (TPSA) is 102 Å². The van der Waals surface area contributed by atoms with Gasteiger partial charge in [0, 0.05) is 24.6 Å². The lowest BCUT2D eigenvalue weighted by atomic mass is 10.4. The normalized spacial score (nSPS) is 11.2. The molecule has 7 nitrogen and oxygen atoms in total. The lowest BCUT2D eigenvalue weighted by Crippen LogP contribution is -2.18. The van der Waals surface area contributed by atoms with Crippen LogP contribution in [0.25, 0.3) is 0 Å². The molecule has 0 radical (unpaired) electrons. The molecular formula is C9H12ClN3O4S. The van der Waals surface area contributed by atoms with Crippen LogP contribution < -0.4 is 5.32 Å². The van der Waals surface area contributed by atoms with Crippen LogP contribution >= 0.6 is 11.6 Å². The van der Waals surface area contributed by atoms with E-state index in [9.17, 15) is 18.5 Å². The van der Waals surface area contributed by atoms with Gasteiger partial charge in [0.1, 0.15) is 0 Å². The zero-order chi connectivity index (χ0) is 13.8. The molecule has 1 rings (SSSR count). The van der Waals surface area contributed by atoms with E-state index in [4.69, 9.17) is 11.6 Å². The Hall–Kier alpha value is -1.41. The number of nitrogens with zero attached hydrogens (tertiary/aromatic N) is 2. The Kier molecular flexibility index (Phi) is 4.85. The second-order valence-electron chi connectivity index (χ2n) is 3.44. The van der Waals surface area contributed by atoms with E-state index in [1.165, 1.54) is 6.20 Å². The van der Waals surface area contributed by atoms with Crippen LogP contribution in [-0.2, 0) is 9.84 Å². The Balaban J connectivity index is 2.77. The third-order valence-corrected chi connectivity index (χ3v) is 4.09. The predicted octanol–water partition coefficient (Wildman–Crippen LogP) is 1.49. The van der Waals surface area contributed by atoms with Crippen molar-refractivity contribution < 1.29 is 13.3 Å².